The molecule has 2 aliphatic rings. The van der Waals surface area contributed by atoms with Gasteiger partial charge < -0.3 is 30.5 Å². The second-order valence-corrected chi connectivity index (χ2v) is 16.4. The predicted molar refractivity (Wildman–Crippen MR) is 243 cm³/mol. The standard InChI is InChI=1S/C51H57N5O6/c1-52-49-44(16-9-29-57)43(17-18-46(49)58)47(59)33-53-32-36-22-27-56(28-23-36)50(60)42-19-24-54-45(31-42)40-14-8-15-41(30-40)48(39-12-6-3-7-13-39)51(61)62-35-38-20-25-55(26-21-38)34-37-10-4-2-5-11-37/h2-19,24,29-31,36,38,47-48,52-53,58-59H,20-23,25-28,32-35H2,1H3/b16-9-. The molecule has 0 radical (unpaired) electrons. The molecule has 4 aromatic carbocycles. The van der Waals surface area contributed by atoms with Gasteiger partial charge in [-0.1, -0.05) is 84.9 Å². The maximum atomic E-state index is 14.0. The lowest BCUT2D eigenvalue weighted by Gasteiger charge is -2.32. The molecule has 322 valence electrons. The Morgan fingerprint density at radius 2 is 1.56 bits per heavy atom. The number of anilines is 1. The number of hydrogen-bond donors (Lipinski definition) is 4. The number of piperidine rings is 2. The van der Waals surface area contributed by atoms with E-state index in [0.29, 0.717) is 79.0 Å². The molecular formula is C51H57N5O6. The first kappa shape index (κ1) is 43.9. The molecule has 1 amide bonds. The van der Waals surface area contributed by atoms with Crippen LogP contribution >= 0.6 is 0 Å². The normalized spacial score (nSPS) is 16.2. The largest absolute Gasteiger partial charge is 0.506 e. The number of rotatable bonds is 17. The van der Waals surface area contributed by atoms with Crippen molar-refractivity contribution in [1.29, 1.82) is 0 Å². The summed E-state index contributed by atoms with van der Waals surface area (Å²) >= 11 is 0. The number of pyridine rings is 1. The Kier molecular flexibility index (Phi) is 15.3. The highest BCUT2D eigenvalue weighted by atomic mass is 16.5. The van der Waals surface area contributed by atoms with Gasteiger partial charge in [-0.25, -0.2) is 0 Å². The number of aliphatic hydroxyl groups is 1. The van der Waals surface area contributed by atoms with Crippen LogP contribution in [-0.4, -0.2) is 96.1 Å². The van der Waals surface area contributed by atoms with Crippen LogP contribution in [0, 0.1) is 11.8 Å². The Morgan fingerprint density at radius 1 is 0.855 bits per heavy atom. The van der Waals surface area contributed by atoms with E-state index in [1.54, 1.807) is 31.5 Å². The molecule has 5 aromatic rings. The van der Waals surface area contributed by atoms with Crippen LogP contribution in [0.4, 0.5) is 5.69 Å². The van der Waals surface area contributed by atoms with E-state index in [2.05, 4.69) is 44.8 Å². The zero-order valence-electron chi connectivity index (χ0n) is 35.4. The van der Waals surface area contributed by atoms with E-state index in [-0.39, 0.29) is 17.6 Å². The molecule has 1 aromatic heterocycles. The second kappa shape index (κ2) is 21.6. The Labute approximate surface area is 364 Å². The molecular weight excluding hydrogens is 779 g/mol. The SMILES string of the molecule is CNc1c(O)ccc(C(O)CNCC2CCN(C(=O)c3ccnc(-c4cccc(C(C(=O)OCC5CCN(Cc6ccccc6)CC5)c5ccccc5)c4)c3)CC2)c1/C=C\C=O. The number of ether oxygens (including phenoxy) is 1. The number of aromatic nitrogens is 1. The van der Waals surface area contributed by atoms with Gasteiger partial charge in [-0.05, 0) is 116 Å². The first-order valence-corrected chi connectivity index (χ1v) is 21.7. The van der Waals surface area contributed by atoms with E-state index in [9.17, 15) is 24.6 Å². The van der Waals surface area contributed by atoms with Gasteiger partial charge in [0.1, 0.15) is 18.0 Å². The van der Waals surface area contributed by atoms with Crippen LogP contribution in [0.25, 0.3) is 17.3 Å². The number of amides is 1. The molecule has 2 fully saturated rings. The number of nitrogens with one attached hydrogen (secondary N) is 2. The van der Waals surface area contributed by atoms with Gasteiger partial charge in [-0.15, -0.1) is 0 Å². The van der Waals surface area contributed by atoms with Gasteiger partial charge in [0, 0.05) is 56.1 Å². The lowest BCUT2D eigenvalue weighted by molar-refractivity contribution is -0.146. The fraction of sp³-hybridized carbons (Fsp3) is 0.333. The fourth-order valence-electron chi connectivity index (χ4n) is 8.69. The summed E-state index contributed by atoms with van der Waals surface area (Å²) in [7, 11) is 1.67. The van der Waals surface area contributed by atoms with Crippen LogP contribution in [0.2, 0.25) is 0 Å². The van der Waals surface area contributed by atoms with Gasteiger partial charge in [0.2, 0.25) is 0 Å². The number of aliphatic hydroxyl groups excluding tert-OH is 1. The van der Waals surface area contributed by atoms with Gasteiger partial charge in [-0.2, -0.15) is 0 Å². The monoisotopic (exact) mass is 835 g/mol. The van der Waals surface area contributed by atoms with Crippen molar-refractivity contribution < 1.29 is 29.3 Å². The van der Waals surface area contributed by atoms with Gasteiger partial charge in [-0.3, -0.25) is 24.3 Å². The molecule has 11 heteroatoms. The number of allylic oxidation sites excluding steroid dienone is 1. The van der Waals surface area contributed by atoms with E-state index in [0.717, 1.165) is 62.0 Å². The van der Waals surface area contributed by atoms with Crippen molar-refractivity contribution in [2.45, 2.75) is 44.2 Å². The molecule has 11 nitrogen and oxygen atoms in total. The summed E-state index contributed by atoms with van der Waals surface area (Å²) in [5.74, 6) is -0.260. The molecule has 2 atom stereocenters. The summed E-state index contributed by atoms with van der Waals surface area (Å²) in [4.78, 5) is 47.8. The Morgan fingerprint density at radius 3 is 2.29 bits per heavy atom. The predicted octanol–water partition coefficient (Wildman–Crippen LogP) is 7.47. The van der Waals surface area contributed by atoms with Gasteiger partial charge in [0.25, 0.3) is 5.91 Å². The quantitative estimate of drug-likeness (QED) is 0.0323. The first-order chi connectivity index (χ1) is 30.3. The number of phenols is 1. The zero-order chi connectivity index (χ0) is 43.3. The third-order valence-corrected chi connectivity index (χ3v) is 12.2. The number of nitrogens with zero attached hydrogens (tertiary/aromatic N) is 3. The smallest absolute Gasteiger partial charge is 0.317 e. The summed E-state index contributed by atoms with van der Waals surface area (Å²) in [6, 6.07) is 34.9. The number of phenolic OH excluding ortho intramolecular Hbond substituents is 1. The summed E-state index contributed by atoms with van der Waals surface area (Å²) in [5.41, 5.74) is 6.59. The summed E-state index contributed by atoms with van der Waals surface area (Å²) < 4.78 is 6.09. The van der Waals surface area contributed by atoms with Crippen molar-refractivity contribution in [1.82, 2.24) is 20.1 Å². The van der Waals surface area contributed by atoms with E-state index in [4.69, 9.17) is 4.74 Å². The number of benzene rings is 4. The molecule has 2 unspecified atom stereocenters. The Hall–Kier alpha value is -6.14. The first-order valence-electron chi connectivity index (χ1n) is 21.7. The minimum Gasteiger partial charge on any atom is -0.506 e. The zero-order valence-corrected chi connectivity index (χ0v) is 35.4. The van der Waals surface area contributed by atoms with Crippen LogP contribution in [0.3, 0.4) is 0 Å². The highest BCUT2D eigenvalue weighted by molar-refractivity contribution is 5.95. The van der Waals surface area contributed by atoms with E-state index < -0.39 is 12.0 Å². The molecule has 2 aliphatic heterocycles. The van der Waals surface area contributed by atoms with Crippen LogP contribution < -0.4 is 10.6 Å². The molecule has 4 N–H and O–H groups in total. The third kappa shape index (κ3) is 11.2. The minimum absolute atomic E-state index is 0.0312. The third-order valence-electron chi connectivity index (χ3n) is 12.2. The maximum absolute atomic E-state index is 14.0. The lowest BCUT2D eigenvalue weighted by atomic mass is 9.89. The Balaban J connectivity index is 0.936. The number of hydrogen-bond acceptors (Lipinski definition) is 10. The van der Waals surface area contributed by atoms with Crippen molar-refractivity contribution in [3.05, 3.63) is 155 Å². The number of aldehydes is 1. The summed E-state index contributed by atoms with van der Waals surface area (Å²) in [6.45, 7) is 5.47. The number of carbonyl (C=O) groups is 3. The average Bonchev–Trinajstić information content (AvgIpc) is 3.31. The van der Waals surface area contributed by atoms with E-state index >= 15 is 0 Å². The summed E-state index contributed by atoms with van der Waals surface area (Å²) in [6.07, 6.45) is 7.97. The lowest BCUT2D eigenvalue weighted by Crippen LogP contribution is -2.41. The van der Waals surface area contributed by atoms with Crippen molar-refractivity contribution in [2.24, 2.45) is 11.8 Å². The topological polar surface area (TPSA) is 144 Å². The van der Waals surface area contributed by atoms with Gasteiger partial charge >= 0.3 is 5.97 Å². The summed E-state index contributed by atoms with van der Waals surface area (Å²) in [5, 5.41) is 27.6. The van der Waals surface area contributed by atoms with Crippen molar-refractivity contribution in [3.8, 4) is 17.0 Å². The van der Waals surface area contributed by atoms with Crippen LogP contribution in [-0.2, 0) is 20.9 Å². The number of aromatic hydroxyl groups is 1. The van der Waals surface area contributed by atoms with Crippen LogP contribution in [0.15, 0.2) is 121 Å². The number of esters is 1. The maximum Gasteiger partial charge on any atom is 0.317 e. The number of likely N-dealkylation sites (tertiary alicyclic amines) is 2. The molecule has 0 spiro atoms. The van der Waals surface area contributed by atoms with Gasteiger partial charge in [0.15, 0.2) is 0 Å². The van der Waals surface area contributed by atoms with Crippen LogP contribution in [0.1, 0.15) is 75.9 Å². The van der Waals surface area contributed by atoms with Crippen LogP contribution in [0.5, 0.6) is 5.75 Å². The molecule has 3 heterocycles. The van der Waals surface area contributed by atoms with Gasteiger partial charge in [0.05, 0.1) is 24.1 Å². The average molecular weight is 836 g/mol. The highest BCUT2D eigenvalue weighted by Crippen LogP contribution is 2.35. The van der Waals surface area contributed by atoms with E-state index in [1.165, 1.54) is 17.7 Å². The molecule has 2 saturated heterocycles. The molecule has 0 bridgehead atoms. The Bertz CT molecular complexity index is 2290. The van der Waals surface area contributed by atoms with Crippen molar-refractivity contribution >= 4 is 29.9 Å². The molecule has 0 saturated carbocycles. The molecule has 7 rings (SSSR count). The van der Waals surface area contributed by atoms with Crippen molar-refractivity contribution in [3.63, 3.8) is 0 Å². The molecule has 0 aliphatic carbocycles. The van der Waals surface area contributed by atoms with Crippen molar-refractivity contribution in [2.75, 3.05) is 58.2 Å². The molecule has 62 heavy (non-hydrogen) atoms. The highest BCUT2D eigenvalue weighted by Gasteiger charge is 2.28. The second-order valence-electron chi connectivity index (χ2n) is 16.4. The fourth-order valence-corrected chi connectivity index (χ4v) is 8.69. The minimum atomic E-state index is -0.861. The number of carbonyl (C=O) groups excluding carboxylic acids is 3. The van der Waals surface area contributed by atoms with E-state index in [1.807, 2.05) is 71.6 Å².